The first-order valence-corrected chi connectivity index (χ1v) is 6.47. The molecule has 16 heavy (non-hydrogen) atoms. The van der Waals surface area contributed by atoms with Crippen molar-refractivity contribution in [3.05, 3.63) is 23.5 Å². The Labute approximate surface area is 94.6 Å². The molecule has 1 aromatic heterocycles. The molecule has 0 saturated heterocycles. The van der Waals surface area contributed by atoms with Crippen LogP contribution in [0.3, 0.4) is 0 Å². The zero-order valence-corrected chi connectivity index (χ0v) is 9.79. The molecular weight excluding hydrogens is 230 g/mol. The molecule has 90 valence electrons. The molecule has 0 fully saturated rings. The van der Waals surface area contributed by atoms with Crippen LogP contribution in [0.5, 0.6) is 5.75 Å². The van der Waals surface area contributed by atoms with Crippen LogP contribution in [0.25, 0.3) is 0 Å². The molecule has 0 bridgehead atoms. The van der Waals surface area contributed by atoms with Crippen molar-refractivity contribution in [2.24, 2.45) is 5.14 Å². The molecule has 0 amide bonds. The molecule has 0 radical (unpaired) electrons. The molecule has 0 aliphatic carbocycles. The number of nitrogens with zero attached hydrogens (tertiary/aromatic N) is 1. The summed E-state index contributed by atoms with van der Waals surface area (Å²) in [6, 6.07) is 3.25. The highest BCUT2D eigenvalue weighted by Gasteiger charge is 2.04. The third-order valence-corrected chi connectivity index (χ3v) is 2.72. The van der Waals surface area contributed by atoms with E-state index in [4.69, 9.17) is 5.14 Å². The normalized spacial score (nSPS) is 11.6. The van der Waals surface area contributed by atoms with Gasteiger partial charge in [-0.3, -0.25) is 4.98 Å². The minimum absolute atomic E-state index is 0.0914. The van der Waals surface area contributed by atoms with Gasteiger partial charge in [-0.1, -0.05) is 0 Å². The summed E-state index contributed by atoms with van der Waals surface area (Å²) in [6.07, 6.45) is 0. The van der Waals surface area contributed by atoms with E-state index in [0.29, 0.717) is 12.2 Å². The number of nitrogens with one attached hydrogen (secondary N) is 1. The van der Waals surface area contributed by atoms with E-state index >= 15 is 0 Å². The summed E-state index contributed by atoms with van der Waals surface area (Å²) in [6.45, 7) is 2.35. The molecule has 0 atom stereocenters. The third kappa shape index (κ3) is 4.56. The number of nitrogens with two attached hydrogens (primary N) is 1. The average Bonchev–Trinajstić information content (AvgIpc) is 2.16. The molecule has 0 aliphatic rings. The number of aromatic hydroxyl groups is 1. The number of primary sulfonamides is 1. The number of aryl methyl sites for hydroxylation is 1. The van der Waals surface area contributed by atoms with Crippen molar-refractivity contribution in [3.63, 3.8) is 0 Å². The molecule has 4 N–H and O–H groups in total. The van der Waals surface area contributed by atoms with Crippen LogP contribution in [0.2, 0.25) is 0 Å². The van der Waals surface area contributed by atoms with Crippen LogP contribution in [0.1, 0.15) is 11.4 Å². The summed E-state index contributed by atoms with van der Waals surface area (Å²) in [7, 11) is -3.44. The Morgan fingerprint density at radius 3 is 2.81 bits per heavy atom. The van der Waals surface area contributed by atoms with Gasteiger partial charge in [0, 0.05) is 18.8 Å². The summed E-state index contributed by atoms with van der Waals surface area (Å²) in [4.78, 5) is 4.11. The lowest BCUT2D eigenvalue weighted by molar-refractivity contribution is 0.460. The Morgan fingerprint density at radius 2 is 2.19 bits per heavy atom. The van der Waals surface area contributed by atoms with Gasteiger partial charge in [0.2, 0.25) is 10.0 Å². The molecule has 1 aromatic rings. The highest BCUT2D eigenvalue weighted by molar-refractivity contribution is 7.89. The first-order valence-electron chi connectivity index (χ1n) is 4.75. The van der Waals surface area contributed by atoms with Gasteiger partial charge in [-0.2, -0.15) is 0 Å². The zero-order chi connectivity index (χ0) is 12.2. The van der Waals surface area contributed by atoms with E-state index in [9.17, 15) is 13.5 Å². The number of aromatic nitrogens is 1. The molecule has 1 heterocycles. The monoisotopic (exact) mass is 245 g/mol. The average molecular weight is 245 g/mol. The van der Waals surface area contributed by atoms with Crippen molar-refractivity contribution in [2.45, 2.75) is 13.5 Å². The van der Waals surface area contributed by atoms with Gasteiger partial charge < -0.3 is 10.4 Å². The Hall–Kier alpha value is -1.18. The summed E-state index contributed by atoms with van der Waals surface area (Å²) >= 11 is 0. The third-order valence-electron chi connectivity index (χ3n) is 1.95. The lowest BCUT2D eigenvalue weighted by Crippen LogP contribution is -2.27. The second-order valence-electron chi connectivity index (χ2n) is 3.46. The molecule has 6 nitrogen and oxygen atoms in total. The fourth-order valence-electron chi connectivity index (χ4n) is 1.15. The highest BCUT2D eigenvalue weighted by atomic mass is 32.2. The van der Waals surface area contributed by atoms with Crippen LogP contribution in [0.4, 0.5) is 0 Å². The fraction of sp³-hybridized carbons (Fsp3) is 0.444. The van der Waals surface area contributed by atoms with E-state index in [0.717, 1.165) is 5.69 Å². The Balaban J connectivity index is 2.46. The molecular formula is C9H15N3O3S. The van der Waals surface area contributed by atoms with E-state index in [1.54, 1.807) is 12.1 Å². The van der Waals surface area contributed by atoms with Gasteiger partial charge in [0.15, 0.2) is 0 Å². The molecule has 1 rings (SSSR count). The van der Waals surface area contributed by atoms with Crippen LogP contribution in [-0.4, -0.2) is 30.8 Å². The molecule has 0 aromatic carbocycles. The lowest BCUT2D eigenvalue weighted by atomic mass is 10.3. The number of pyridine rings is 1. The predicted molar refractivity (Wildman–Crippen MR) is 60.3 cm³/mol. The van der Waals surface area contributed by atoms with Gasteiger partial charge in [0.25, 0.3) is 0 Å². The Kier molecular flexibility index (Phi) is 4.22. The van der Waals surface area contributed by atoms with Gasteiger partial charge in [0.1, 0.15) is 5.75 Å². The van der Waals surface area contributed by atoms with E-state index in [2.05, 4.69) is 10.3 Å². The Bertz CT molecular complexity index is 459. The molecule has 0 saturated carbocycles. The van der Waals surface area contributed by atoms with Gasteiger partial charge in [-0.05, 0) is 19.1 Å². The summed E-state index contributed by atoms with van der Waals surface area (Å²) < 4.78 is 21.3. The summed E-state index contributed by atoms with van der Waals surface area (Å²) in [5, 5.41) is 17.1. The van der Waals surface area contributed by atoms with Gasteiger partial charge in [0.05, 0.1) is 11.4 Å². The van der Waals surface area contributed by atoms with Crippen LogP contribution < -0.4 is 10.5 Å². The van der Waals surface area contributed by atoms with Crippen LogP contribution in [-0.2, 0) is 16.6 Å². The van der Waals surface area contributed by atoms with E-state index in [-0.39, 0.29) is 18.0 Å². The lowest BCUT2D eigenvalue weighted by Gasteiger charge is -2.06. The van der Waals surface area contributed by atoms with Crippen molar-refractivity contribution in [3.8, 4) is 5.75 Å². The first-order chi connectivity index (χ1) is 7.38. The standard InChI is InChI=1S/C9H15N3O3S/c1-7-2-3-9(13)8(12-7)6-11-4-5-16(10,14)15/h2-3,11,13H,4-6H2,1H3,(H2,10,14,15). The Morgan fingerprint density at radius 1 is 1.50 bits per heavy atom. The highest BCUT2D eigenvalue weighted by Crippen LogP contribution is 2.13. The second-order valence-corrected chi connectivity index (χ2v) is 5.20. The van der Waals surface area contributed by atoms with Crippen LogP contribution in [0, 0.1) is 6.92 Å². The van der Waals surface area contributed by atoms with Crippen LogP contribution in [0.15, 0.2) is 12.1 Å². The smallest absolute Gasteiger partial charge is 0.210 e. The van der Waals surface area contributed by atoms with E-state index < -0.39 is 10.0 Å². The summed E-state index contributed by atoms with van der Waals surface area (Å²) in [5.74, 6) is -0.0479. The number of hydrogen-bond acceptors (Lipinski definition) is 5. The van der Waals surface area contributed by atoms with Crippen molar-refractivity contribution in [1.82, 2.24) is 10.3 Å². The topological polar surface area (TPSA) is 105 Å². The van der Waals surface area contributed by atoms with Crippen molar-refractivity contribution >= 4 is 10.0 Å². The maximum absolute atomic E-state index is 10.6. The van der Waals surface area contributed by atoms with Gasteiger partial charge in [-0.25, -0.2) is 13.6 Å². The maximum Gasteiger partial charge on any atom is 0.210 e. The quantitative estimate of drug-likeness (QED) is 0.605. The van der Waals surface area contributed by atoms with Gasteiger partial charge >= 0.3 is 0 Å². The summed E-state index contributed by atoms with van der Waals surface area (Å²) in [5.41, 5.74) is 1.29. The second kappa shape index (κ2) is 5.24. The first kappa shape index (κ1) is 12.9. The van der Waals surface area contributed by atoms with Crippen molar-refractivity contribution in [2.75, 3.05) is 12.3 Å². The van der Waals surface area contributed by atoms with E-state index in [1.165, 1.54) is 0 Å². The molecule has 0 aliphatic heterocycles. The fourth-order valence-corrected chi connectivity index (χ4v) is 1.58. The minimum Gasteiger partial charge on any atom is -0.506 e. The SMILES string of the molecule is Cc1ccc(O)c(CNCCS(N)(=O)=O)n1. The molecule has 7 heteroatoms. The zero-order valence-electron chi connectivity index (χ0n) is 8.97. The number of sulfonamides is 1. The number of rotatable bonds is 5. The molecule has 0 spiro atoms. The van der Waals surface area contributed by atoms with Gasteiger partial charge in [-0.15, -0.1) is 0 Å². The number of hydrogen-bond donors (Lipinski definition) is 3. The van der Waals surface area contributed by atoms with Crippen molar-refractivity contribution in [1.29, 1.82) is 0 Å². The predicted octanol–water partition coefficient (Wildman–Crippen LogP) is -0.526. The van der Waals surface area contributed by atoms with E-state index in [1.807, 2.05) is 6.92 Å². The largest absolute Gasteiger partial charge is 0.506 e. The van der Waals surface area contributed by atoms with Crippen molar-refractivity contribution < 1.29 is 13.5 Å². The van der Waals surface area contributed by atoms with Crippen LogP contribution >= 0.6 is 0 Å². The molecule has 0 unspecified atom stereocenters. The maximum atomic E-state index is 10.6. The minimum atomic E-state index is -3.44.